The van der Waals surface area contributed by atoms with E-state index in [-0.39, 0.29) is 5.66 Å². The van der Waals surface area contributed by atoms with Crippen molar-refractivity contribution >= 4 is 22.1 Å². The molecule has 156 valence electrons. The molecule has 0 radical (unpaired) electrons. The first-order valence-electron chi connectivity index (χ1n) is 12.2. The van der Waals surface area contributed by atoms with Gasteiger partial charge in [0.05, 0.1) is 5.69 Å². The number of hydrogen-bond acceptors (Lipinski definition) is 2. The van der Waals surface area contributed by atoms with Gasteiger partial charge in [-0.1, -0.05) is 61.0 Å². The van der Waals surface area contributed by atoms with Crippen LogP contribution in [0.15, 0.2) is 78.0 Å². The number of rotatable bonds is 1. The third kappa shape index (κ3) is 2.39. The van der Waals surface area contributed by atoms with Crippen LogP contribution in [-0.2, 0) is 0 Å². The molecule has 3 atom stereocenters. The van der Waals surface area contributed by atoms with Crippen LogP contribution in [0.4, 0.5) is 11.4 Å². The van der Waals surface area contributed by atoms with Crippen molar-refractivity contribution in [1.29, 1.82) is 0 Å². The summed E-state index contributed by atoms with van der Waals surface area (Å²) in [5.74, 6) is 1.15. The van der Waals surface area contributed by atoms with E-state index in [4.69, 9.17) is 0 Å². The van der Waals surface area contributed by atoms with Gasteiger partial charge >= 0.3 is 0 Å². The molecule has 0 saturated heterocycles. The van der Waals surface area contributed by atoms with Gasteiger partial charge < -0.3 is 10.2 Å². The molecular weight excluding hydrogens is 376 g/mol. The van der Waals surface area contributed by atoms with Crippen molar-refractivity contribution in [2.24, 2.45) is 5.92 Å². The first kappa shape index (κ1) is 17.9. The quantitative estimate of drug-likeness (QED) is 0.448. The average Bonchev–Trinajstić information content (AvgIpc) is 2.83. The largest absolute Gasteiger partial charge is 0.362 e. The van der Waals surface area contributed by atoms with Crippen molar-refractivity contribution in [2.75, 3.05) is 10.2 Å². The maximum atomic E-state index is 4.20. The monoisotopic (exact) mass is 406 g/mol. The van der Waals surface area contributed by atoms with Gasteiger partial charge in [0.25, 0.3) is 0 Å². The molecule has 7 rings (SSSR count). The normalized spacial score (nSPS) is 29.1. The van der Waals surface area contributed by atoms with Gasteiger partial charge in [-0.05, 0) is 73.6 Å². The molecule has 2 heteroatoms. The Balaban J connectivity index is 1.54. The molecule has 1 spiro atoms. The van der Waals surface area contributed by atoms with Crippen LogP contribution in [0.3, 0.4) is 0 Å². The minimum absolute atomic E-state index is 0.00241. The predicted octanol–water partition coefficient (Wildman–Crippen LogP) is 7.58. The minimum atomic E-state index is -0.00241. The number of nitrogens with zero attached hydrogens (tertiary/aromatic N) is 1. The zero-order valence-corrected chi connectivity index (χ0v) is 18.1. The number of fused-ring (bicyclic) bond motifs is 2. The average molecular weight is 407 g/mol. The van der Waals surface area contributed by atoms with E-state index in [1.807, 2.05) is 0 Å². The van der Waals surface area contributed by atoms with E-state index in [9.17, 15) is 0 Å². The van der Waals surface area contributed by atoms with Crippen molar-refractivity contribution in [3.05, 3.63) is 83.6 Å². The molecular formula is C29H30N2. The molecule has 2 aliphatic carbocycles. The van der Waals surface area contributed by atoms with Crippen molar-refractivity contribution in [3.8, 4) is 0 Å². The first-order chi connectivity index (χ1) is 15.4. The van der Waals surface area contributed by atoms with Gasteiger partial charge in [-0.2, -0.15) is 0 Å². The van der Waals surface area contributed by atoms with E-state index in [0.29, 0.717) is 11.8 Å². The maximum Gasteiger partial charge on any atom is 0.118 e. The molecule has 1 fully saturated rings. The molecule has 3 aromatic rings. The van der Waals surface area contributed by atoms with Crippen LogP contribution >= 0.6 is 0 Å². The van der Waals surface area contributed by atoms with E-state index >= 15 is 0 Å². The second kappa shape index (κ2) is 6.63. The van der Waals surface area contributed by atoms with Gasteiger partial charge in [0.15, 0.2) is 0 Å². The fraction of sp³-hybridized carbons (Fsp3) is 0.379. The number of anilines is 2. The Morgan fingerprint density at radius 3 is 2.55 bits per heavy atom. The summed E-state index contributed by atoms with van der Waals surface area (Å²) in [5, 5.41) is 6.97. The van der Waals surface area contributed by atoms with Crippen molar-refractivity contribution in [3.63, 3.8) is 0 Å². The Labute approximate surface area is 185 Å². The van der Waals surface area contributed by atoms with Crippen LogP contribution < -0.4 is 10.2 Å². The molecule has 31 heavy (non-hydrogen) atoms. The SMILES string of the molecule is c1ccc([C@@H]2C3=C(CCCC3)N3c4cccc5cccc(c45)N[C@]34CCCC[C@@H]24)cc1. The Morgan fingerprint density at radius 2 is 1.65 bits per heavy atom. The molecule has 0 amide bonds. The van der Waals surface area contributed by atoms with E-state index in [1.54, 1.807) is 11.3 Å². The molecule has 1 saturated carbocycles. The smallest absolute Gasteiger partial charge is 0.118 e. The highest BCUT2D eigenvalue weighted by Gasteiger charge is 2.56. The van der Waals surface area contributed by atoms with Crippen molar-refractivity contribution in [2.45, 2.75) is 62.9 Å². The Bertz CT molecular complexity index is 1190. The fourth-order valence-corrected chi connectivity index (χ4v) is 7.40. The highest BCUT2D eigenvalue weighted by atomic mass is 15.4. The van der Waals surface area contributed by atoms with Gasteiger partial charge in [0.1, 0.15) is 5.66 Å². The zero-order chi connectivity index (χ0) is 20.4. The standard InChI is InChI=1S/C29H30N2/c1-2-10-20(11-3-1)27-22-14-4-5-17-25(22)31-26-18-9-13-21-12-8-16-24(28(21)26)30-29(31)19-7-6-15-23(27)29/h1-3,8-13,16,18,23,27,30H,4-7,14-15,17,19H2/t23-,27+,29+/m0/s1. The highest BCUT2D eigenvalue weighted by Crippen LogP contribution is 2.60. The molecule has 2 heterocycles. The van der Waals surface area contributed by atoms with Crippen LogP contribution in [0.2, 0.25) is 0 Å². The van der Waals surface area contributed by atoms with Crippen LogP contribution in [0.1, 0.15) is 62.8 Å². The van der Waals surface area contributed by atoms with E-state index in [1.165, 1.54) is 79.1 Å². The summed E-state index contributed by atoms with van der Waals surface area (Å²) < 4.78 is 0. The summed E-state index contributed by atoms with van der Waals surface area (Å²) in [6, 6.07) is 25.2. The maximum absolute atomic E-state index is 4.20. The molecule has 3 aromatic carbocycles. The lowest BCUT2D eigenvalue weighted by molar-refractivity contribution is 0.169. The summed E-state index contributed by atoms with van der Waals surface area (Å²) in [7, 11) is 0. The topological polar surface area (TPSA) is 15.3 Å². The second-order valence-electron chi connectivity index (χ2n) is 9.99. The molecule has 0 aromatic heterocycles. The summed E-state index contributed by atoms with van der Waals surface area (Å²) in [6.07, 6.45) is 10.3. The van der Waals surface area contributed by atoms with Gasteiger partial charge in [0, 0.05) is 28.6 Å². The Hall–Kier alpha value is -2.74. The van der Waals surface area contributed by atoms with Crippen LogP contribution in [0.25, 0.3) is 10.8 Å². The third-order valence-electron chi connectivity index (χ3n) is 8.50. The van der Waals surface area contributed by atoms with Gasteiger partial charge in [-0.25, -0.2) is 0 Å². The zero-order valence-electron chi connectivity index (χ0n) is 18.1. The summed E-state index contributed by atoms with van der Waals surface area (Å²) in [5.41, 5.74) is 7.67. The molecule has 0 unspecified atom stereocenters. The van der Waals surface area contributed by atoms with E-state index in [0.717, 1.165) is 0 Å². The van der Waals surface area contributed by atoms with Gasteiger partial charge in [-0.3, -0.25) is 0 Å². The minimum Gasteiger partial charge on any atom is -0.362 e. The summed E-state index contributed by atoms with van der Waals surface area (Å²) in [6.45, 7) is 0. The number of allylic oxidation sites excluding steroid dienone is 2. The number of nitrogens with one attached hydrogen (secondary N) is 1. The molecule has 2 nitrogen and oxygen atoms in total. The van der Waals surface area contributed by atoms with Crippen LogP contribution in [0.5, 0.6) is 0 Å². The molecule has 1 N–H and O–H groups in total. The van der Waals surface area contributed by atoms with E-state index < -0.39 is 0 Å². The fourth-order valence-electron chi connectivity index (χ4n) is 7.40. The first-order valence-corrected chi connectivity index (χ1v) is 12.2. The Kier molecular flexibility index (Phi) is 3.82. The van der Waals surface area contributed by atoms with E-state index in [2.05, 4.69) is 76.9 Å². The number of benzene rings is 3. The predicted molar refractivity (Wildman–Crippen MR) is 129 cm³/mol. The van der Waals surface area contributed by atoms with Crippen molar-refractivity contribution < 1.29 is 0 Å². The van der Waals surface area contributed by atoms with Gasteiger partial charge in [0.2, 0.25) is 0 Å². The molecule has 4 aliphatic rings. The van der Waals surface area contributed by atoms with Crippen LogP contribution in [-0.4, -0.2) is 5.66 Å². The van der Waals surface area contributed by atoms with Crippen molar-refractivity contribution in [1.82, 2.24) is 0 Å². The Morgan fingerprint density at radius 1 is 0.806 bits per heavy atom. The van der Waals surface area contributed by atoms with Gasteiger partial charge in [-0.15, -0.1) is 0 Å². The molecule has 0 bridgehead atoms. The molecule has 2 aliphatic heterocycles. The number of hydrogen-bond donors (Lipinski definition) is 1. The van der Waals surface area contributed by atoms with Crippen LogP contribution in [0, 0.1) is 5.92 Å². The summed E-state index contributed by atoms with van der Waals surface area (Å²) in [4.78, 5) is 2.82. The lowest BCUT2D eigenvalue weighted by Crippen LogP contribution is -2.66. The highest BCUT2D eigenvalue weighted by molar-refractivity contribution is 6.06. The lowest BCUT2D eigenvalue weighted by Gasteiger charge is -2.62. The lowest BCUT2D eigenvalue weighted by atomic mass is 9.61. The summed E-state index contributed by atoms with van der Waals surface area (Å²) >= 11 is 0. The third-order valence-corrected chi connectivity index (χ3v) is 8.50. The second-order valence-corrected chi connectivity index (χ2v) is 9.99.